The van der Waals surface area contributed by atoms with Gasteiger partial charge in [-0.3, -0.25) is 14.5 Å². The number of rotatable bonds is 3. The smallest absolute Gasteiger partial charge is 0.297 e. The van der Waals surface area contributed by atoms with Crippen LogP contribution in [0.25, 0.3) is 0 Å². The number of carbonyl (C=O) groups excluding carboxylic acids is 2. The number of likely N-dealkylation sites (N-methyl/N-ethyl adjacent to an activating group) is 1. The Balaban J connectivity index is 1.95. The highest BCUT2D eigenvalue weighted by atomic mass is 16.5. The molecule has 1 atom stereocenters. The van der Waals surface area contributed by atoms with Crippen molar-refractivity contribution in [3.05, 3.63) is 41.8 Å². The Bertz CT molecular complexity index is 753. The molecular weight excluding hydrogens is 294 g/mol. The molecular formula is C17H19N3O3. The number of benzene rings is 1. The van der Waals surface area contributed by atoms with Gasteiger partial charge in [0.25, 0.3) is 5.91 Å². The van der Waals surface area contributed by atoms with Crippen LogP contribution in [0.2, 0.25) is 0 Å². The van der Waals surface area contributed by atoms with Gasteiger partial charge in [-0.25, -0.2) is 0 Å². The highest BCUT2D eigenvalue weighted by Crippen LogP contribution is 2.33. The number of aromatic nitrogens is 1. The summed E-state index contributed by atoms with van der Waals surface area (Å²) in [5, 5.41) is 3.97. The van der Waals surface area contributed by atoms with Crippen molar-refractivity contribution < 1.29 is 14.1 Å². The van der Waals surface area contributed by atoms with Crippen molar-refractivity contribution in [2.45, 2.75) is 26.2 Å². The van der Waals surface area contributed by atoms with Crippen molar-refractivity contribution in [1.29, 1.82) is 0 Å². The number of anilines is 2. The summed E-state index contributed by atoms with van der Waals surface area (Å²) in [6, 6.07) is 8.99. The van der Waals surface area contributed by atoms with E-state index in [0.717, 1.165) is 12.1 Å². The summed E-state index contributed by atoms with van der Waals surface area (Å²) in [7, 11) is 1.71. The minimum absolute atomic E-state index is 0.00822. The lowest BCUT2D eigenvalue weighted by atomic mass is 10.1. The van der Waals surface area contributed by atoms with Crippen molar-refractivity contribution in [3.8, 4) is 0 Å². The standard InChI is InChI=1S/C17H19N3O3/c1-4-11(2)12-9-15(23-18-12)17(22)20-10-16(21)19(3)13-7-5-6-8-14(13)20/h5-9,11H,4,10H2,1-3H3/t11-/m1/s1. The van der Waals surface area contributed by atoms with Crippen molar-refractivity contribution in [1.82, 2.24) is 5.16 Å². The lowest BCUT2D eigenvalue weighted by Gasteiger charge is -2.33. The van der Waals surface area contributed by atoms with Crippen LogP contribution in [0.4, 0.5) is 11.4 Å². The van der Waals surface area contributed by atoms with Crippen LogP contribution in [0.1, 0.15) is 42.4 Å². The predicted molar refractivity (Wildman–Crippen MR) is 86.7 cm³/mol. The Morgan fingerprint density at radius 2 is 2.04 bits per heavy atom. The van der Waals surface area contributed by atoms with E-state index < -0.39 is 0 Å². The van der Waals surface area contributed by atoms with Gasteiger partial charge in [0.05, 0.1) is 17.1 Å². The van der Waals surface area contributed by atoms with Crippen LogP contribution in [0, 0.1) is 0 Å². The second-order valence-electron chi connectivity index (χ2n) is 5.76. The predicted octanol–water partition coefficient (Wildman–Crippen LogP) is 2.81. The molecule has 0 N–H and O–H groups in total. The molecule has 1 aliphatic heterocycles. The minimum Gasteiger partial charge on any atom is -0.351 e. The zero-order valence-corrected chi connectivity index (χ0v) is 13.4. The van der Waals surface area contributed by atoms with Gasteiger partial charge >= 0.3 is 0 Å². The van der Waals surface area contributed by atoms with Gasteiger partial charge in [0.2, 0.25) is 11.7 Å². The lowest BCUT2D eigenvalue weighted by molar-refractivity contribution is -0.117. The van der Waals surface area contributed by atoms with Crippen LogP contribution in [0.15, 0.2) is 34.9 Å². The highest BCUT2D eigenvalue weighted by molar-refractivity contribution is 6.14. The molecule has 0 spiro atoms. The molecule has 0 bridgehead atoms. The van der Waals surface area contributed by atoms with E-state index in [1.165, 1.54) is 4.90 Å². The van der Waals surface area contributed by atoms with Gasteiger partial charge in [0.1, 0.15) is 6.54 Å². The van der Waals surface area contributed by atoms with Gasteiger partial charge in [-0.15, -0.1) is 0 Å². The third-order valence-corrected chi connectivity index (χ3v) is 4.30. The quantitative estimate of drug-likeness (QED) is 0.874. The van der Waals surface area contributed by atoms with Crippen molar-refractivity contribution in [2.75, 3.05) is 23.4 Å². The molecule has 3 rings (SSSR count). The topological polar surface area (TPSA) is 66.7 Å². The summed E-state index contributed by atoms with van der Waals surface area (Å²) in [5.74, 6) is -0.103. The Hall–Kier alpha value is -2.63. The molecule has 0 saturated heterocycles. The van der Waals surface area contributed by atoms with E-state index in [1.54, 1.807) is 18.0 Å². The van der Waals surface area contributed by atoms with Gasteiger partial charge in [-0.2, -0.15) is 0 Å². The fraction of sp³-hybridized carbons (Fsp3) is 0.353. The van der Waals surface area contributed by atoms with E-state index in [9.17, 15) is 9.59 Å². The Kier molecular flexibility index (Phi) is 3.90. The van der Waals surface area contributed by atoms with E-state index in [-0.39, 0.29) is 30.0 Å². The molecule has 2 heterocycles. The summed E-state index contributed by atoms with van der Waals surface area (Å²) < 4.78 is 5.21. The summed E-state index contributed by atoms with van der Waals surface area (Å²) in [6.07, 6.45) is 0.913. The van der Waals surface area contributed by atoms with Crippen LogP contribution in [0.3, 0.4) is 0 Å². The second-order valence-corrected chi connectivity index (χ2v) is 5.76. The van der Waals surface area contributed by atoms with Crippen LogP contribution >= 0.6 is 0 Å². The van der Waals surface area contributed by atoms with Gasteiger partial charge in [-0.1, -0.05) is 31.1 Å². The molecule has 0 fully saturated rings. The van der Waals surface area contributed by atoms with E-state index in [1.807, 2.05) is 31.2 Å². The van der Waals surface area contributed by atoms with Gasteiger partial charge in [-0.05, 0) is 18.6 Å². The molecule has 6 heteroatoms. The normalized spacial score (nSPS) is 15.5. The first kappa shape index (κ1) is 15.3. The average Bonchev–Trinajstić information content (AvgIpc) is 3.07. The average molecular weight is 313 g/mol. The van der Waals surface area contributed by atoms with Crippen molar-refractivity contribution in [3.63, 3.8) is 0 Å². The van der Waals surface area contributed by atoms with Crippen molar-refractivity contribution >= 4 is 23.2 Å². The largest absolute Gasteiger partial charge is 0.351 e. The van der Waals surface area contributed by atoms with Crippen LogP contribution in [-0.2, 0) is 4.79 Å². The number of amides is 2. The molecule has 0 radical (unpaired) electrons. The first-order valence-corrected chi connectivity index (χ1v) is 7.67. The maximum absolute atomic E-state index is 12.8. The number of nitrogens with zero attached hydrogens (tertiary/aromatic N) is 3. The number of fused-ring (bicyclic) bond motifs is 1. The second kappa shape index (κ2) is 5.87. The number of carbonyl (C=O) groups is 2. The van der Waals surface area contributed by atoms with Gasteiger partial charge in [0.15, 0.2) is 0 Å². The monoisotopic (exact) mass is 313 g/mol. The van der Waals surface area contributed by atoms with E-state index in [2.05, 4.69) is 12.1 Å². The molecule has 0 unspecified atom stereocenters. The molecule has 0 saturated carbocycles. The Labute approximate surface area is 134 Å². The summed E-state index contributed by atoms with van der Waals surface area (Å²) in [4.78, 5) is 27.9. The zero-order valence-electron chi connectivity index (χ0n) is 13.4. The molecule has 2 aromatic rings. The number of hydrogen-bond donors (Lipinski definition) is 0. The molecule has 1 aromatic carbocycles. The number of para-hydroxylation sites is 2. The molecule has 1 aromatic heterocycles. The van der Waals surface area contributed by atoms with Crippen LogP contribution in [-0.4, -0.2) is 30.6 Å². The third kappa shape index (κ3) is 2.60. The molecule has 0 aliphatic carbocycles. The molecule has 2 amide bonds. The van der Waals surface area contributed by atoms with Gasteiger partial charge in [0, 0.05) is 19.0 Å². The zero-order chi connectivity index (χ0) is 16.6. The van der Waals surface area contributed by atoms with E-state index in [0.29, 0.717) is 11.4 Å². The van der Waals surface area contributed by atoms with E-state index >= 15 is 0 Å². The lowest BCUT2D eigenvalue weighted by Crippen LogP contribution is -2.46. The SMILES string of the molecule is CC[C@@H](C)c1cc(C(=O)N2CC(=O)N(C)c3ccccc32)on1. The summed E-state index contributed by atoms with van der Waals surface area (Å²) in [5.41, 5.74) is 2.16. The fourth-order valence-electron chi connectivity index (χ4n) is 2.58. The van der Waals surface area contributed by atoms with Gasteiger partial charge < -0.3 is 9.42 Å². The van der Waals surface area contributed by atoms with Crippen LogP contribution in [0.5, 0.6) is 0 Å². The Morgan fingerprint density at radius 3 is 2.74 bits per heavy atom. The van der Waals surface area contributed by atoms with Crippen LogP contribution < -0.4 is 9.80 Å². The maximum Gasteiger partial charge on any atom is 0.297 e. The number of hydrogen-bond acceptors (Lipinski definition) is 4. The Morgan fingerprint density at radius 1 is 1.35 bits per heavy atom. The maximum atomic E-state index is 12.8. The first-order valence-electron chi connectivity index (χ1n) is 7.67. The molecule has 23 heavy (non-hydrogen) atoms. The molecule has 120 valence electrons. The first-order chi connectivity index (χ1) is 11.0. The summed E-state index contributed by atoms with van der Waals surface area (Å²) >= 11 is 0. The summed E-state index contributed by atoms with van der Waals surface area (Å²) in [6.45, 7) is 4.07. The molecule has 1 aliphatic rings. The van der Waals surface area contributed by atoms with Crippen molar-refractivity contribution in [2.24, 2.45) is 0 Å². The minimum atomic E-state index is -0.346. The highest BCUT2D eigenvalue weighted by Gasteiger charge is 2.32. The molecule has 6 nitrogen and oxygen atoms in total. The van der Waals surface area contributed by atoms with E-state index in [4.69, 9.17) is 4.52 Å². The fourth-order valence-corrected chi connectivity index (χ4v) is 2.58. The third-order valence-electron chi connectivity index (χ3n) is 4.30.